The molecule has 0 saturated carbocycles. The molecular formula is C30H49F2N. The Bertz CT molecular complexity index is 740. The molecule has 0 aromatic heterocycles. The molecule has 2 N–H and O–H groups in total. The smallest absolute Gasteiger partial charge is 0.242 e. The van der Waals surface area contributed by atoms with Crippen molar-refractivity contribution in [2.75, 3.05) is 7.05 Å². The van der Waals surface area contributed by atoms with Gasteiger partial charge in [0.25, 0.3) is 0 Å². The molecule has 0 bridgehead atoms. The standard InChI is InChI=1S/C11H12.C9H10F2.C4H10.C3H6.C2H6.CH5N/c1-4-5-11-7-6-9(2)10(3)8-11;1-7-3-2-4-8(5-7)6-9(10)11;1-4(2)3;1-3-2;2*1-2/h5-8H,1H2,2-3H3;2-5,9H,6H2,1H3;4H,1-3H3;3H,1H2,2H3;1-2H3;2H2,1H3. The van der Waals surface area contributed by atoms with E-state index < -0.39 is 6.43 Å². The number of allylic oxidation sites excluding steroid dienone is 1. The van der Waals surface area contributed by atoms with Gasteiger partial charge >= 0.3 is 0 Å². The average Bonchev–Trinajstić information content (AvgIpc) is 2.74. The number of hydrogen-bond acceptors (Lipinski definition) is 1. The van der Waals surface area contributed by atoms with Gasteiger partial charge in [-0.3, -0.25) is 0 Å². The van der Waals surface area contributed by atoms with Crippen LogP contribution in [0.25, 0.3) is 6.08 Å². The Labute approximate surface area is 204 Å². The Morgan fingerprint density at radius 1 is 0.939 bits per heavy atom. The van der Waals surface area contributed by atoms with E-state index in [1.165, 1.54) is 23.7 Å². The Hall–Kier alpha value is -2.48. The van der Waals surface area contributed by atoms with Crippen molar-refractivity contribution in [2.45, 2.75) is 75.2 Å². The zero-order valence-corrected chi connectivity index (χ0v) is 22.8. The van der Waals surface area contributed by atoms with Crippen LogP contribution < -0.4 is 5.73 Å². The first-order valence-electron chi connectivity index (χ1n) is 11.5. The van der Waals surface area contributed by atoms with E-state index in [-0.39, 0.29) is 6.42 Å². The number of rotatable bonds is 3. The van der Waals surface area contributed by atoms with E-state index in [0.717, 1.165) is 11.5 Å². The highest BCUT2D eigenvalue weighted by Crippen LogP contribution is 2.10. The maximum atomic E-state index is 11.9. The fourth-order valence-corrected chi connectivity index (χ4v) is 1.99. The number of hydrogen-bond donors (Lipinski definition) is 1. The lowest BCUT2D eigenvalue weighted by molar-refractivity contribution is 0.149. The SMILES string of the molecule is C=C=Cc1ccc(C)c(C)c1.C=CC.CC.CC(C)C.CN.Cc1cccc(CC(F)F)c1. The summed E-state index contributed by atoms with van der Waals surface area (Å²) in [6.45, 7) is 25.4. The van der Waals surface area contributed by atoms with Crippen molar-refractivity contribution >= 4 is 6.08 Å². The third-order valence-electron chi connectivity index (χ3n) is 3.27. The fraction of sp³-hybridized carbons (Fsp3) is 0.433. The quantitative estimate of drug-likeness (QED) is 0.357. The molecule has 2 aromatic carbocycles. The van der Waals surface area contributed by atoms with Gasteiger partial charge in [0.15, 0.2) is 0 Å². The maximum Gasteiger partial charge on any atom is 0.242 e. The molecule has 2 aromatic rings. The lowest BCUT2D eigenvalue weighted by Crippen LogP contribution is -1.96. The van der Waals surface area contributed by atoms with Gasteiger partial charge in [0.05, 0.1) is 0 Å². The van der Waals surface area contributed by atoms with E-state index in [9.17, 15) is 8.78 Å². The van der Waals surface area contributed by atoms with Crippen LogP contribution in [-0.2, 0) is 6.42 Å². The van der Waals surface area contributed by atoms with Crippen molar-refractivity contribution in [3.8, 4) is 0 Å². The molecule has 0 unspecified atom stereocenters. The molecule has 0 heterocycles. The molecule has 0 atom stereocenters. The molecule has 3 heteroatoms. The van der Waals surface area contributed by atoms with Crippen molar-refractivity contribution in [3.05, 3.63) is 95.2 Å². The van der Waals surface area contributed by atoms with Crippen molar-refractivity contribution in [3.63, 3.8) is 0 Å². The number of aryl methyl sites for hydroxylation is 3. The van der Waals surface area contributed by atoms with Gasteiger partial charge in [-0.2, -0.15) is 0 Å². The highest BCUT2D eigenvalue weighted by atomic mass is 19.3. The molecule has 0 radical (unpaired) electrons. The summed E-state index contributed by atoms with van der Waals surface area (Å²) in [5, 5.41) is 0. The second-order valence-corrected chi connectivity index (χ2v) is 7.42. The summed E-state index contributed by atoms with van der Waals surface area (Å²) in [5.74, 6) is 0.833. The van der Waals surface area contributed by atoms with Crippen LogP contribution in [-0.4, -0.2) is 13.5 Å². The van der Waals surface area contributed by atoms with Crippen LogP contribution in [0.3, 0.4) is 0 Å². The van der Waals surface area contributed by atoms with E-state index in [4.69, 9.17) is 0 Å². The van der Waals surface area contributed by atoms with E-state index in [1.54, 1.807) is 24.3 Å². The number of halogens is 2. The zero-order valence-electron chi connectivity index (χ0n) is 22.8. The van der Waals surface area contributed by atoms with Gasteiger partial charge in [-0.15, -0.1) is 12.3 Å². The first kappa shape index (κ1) is 37.8. The summed E-state index contributed by atoms with van der Waals surface area (Å²) >= 11 is 0. The van der Waals surface area contributed by atoms with Crippen LogP contribution in [0.2, 0.25) is 0 Å². The third kappa shape index (κ3) is 29.5. The van der Waals surface area contributed by atoms with E-state index in [2.05, 4.69) is 77.4 Å². The first-order valence-corrected chi connectivity index (χ1v) is 11.5. The molecule has 0 saturated heterocycles. The van der Waals surface area contributed by atoms with Gasteiger partial charge in [-0.05, 0) is 69.0 Å². The number of nitrogens with two attached hydrogens (primary N) is 1. The monoisotopic (exact) mass is 461 g/mol. The molecule has 33 heavy (non-hydrogen) atoms. The molecule has 0 spiro atoms. The summed E-state index contributed by atoms with van der Waals surface area (Å²) in [4.78, 5) is 0. The van der Waals surface area contributed by atoms with E-state index >= 15 is 0 Å². The van der Waals surface area contributed by atoms with Gasteiger partial charge in [-0.25, -0.2) is 8.78 Å². The normalized spacial score (nSPS) is 8.33. The average molecular weight is 462 g/mol. The molecule has 188 valence electrons. The zero-order chi connectivity index (χ0) is 26.8. The van der Waals surface area contributed by atoms with Crippen LogP contribution in [0.5, 0.6) is 0 Å². The Kier molecular flexibility index (Phi) is 31.6. The van der Waals surface area contributed by atoms with Crippen molar-refractivity contribution in [1.82, 2.24) is 0 Å². The minimum absolute atomic E-state index is 0.137. The van der Waals surface area contributed by atoms with Crippen molar-refractivity contribution in [2.24, 2.45) is 11.7 Å². The molecule has 0 aliphatic rings. The van der Waals surface area contributed by atoms with Crippen molar-refractivity contribution < 1.29 is 8.78 Å². The number of alkyl halides is 2. The lowest BCUT2D eigenvalue weighted by atomic mass is 10.1. The summed E-state index contributed by atoms with van der Waals surface area (Å²) < 4.78 is 23.7. The molecule has 0 aliphatic carbocycles. The third-order valence-corrected chi connectivity index (χ3v) is 3.27. The predicted octanol–water partition coefficient (Wildman–Crippen LogP) is 9.36. The number of benzene rings is 2. The first-order chi connectivity index (χ1) is 15.6. The lowest BCUT2D eigenvalue weighted by Gasteiger charge is -2.00. The second kappa shape index (κ2) is 27.6. The maximum absolute atomic E-state index is 11.9. The van der Waals surface area contributed by atoms with E-state index in [0.29, 0.717) is 5.56 Å². The van der Waals surface area contributed by atoms with Crippen LogP contribution in [0.15, 0.2) is 67.4 Å². The van der Waals surface area contributed by atoms with Crippen LogP contribution in [0.4, 0.5) is 8.78 Å². The molecular weight excluding hydrogens is 412 g/mol. The molecule has 2 rings (SSSR count). The summed E-state index contributed by atoms with van der Waals surface area (Å²) in [6, 6.07) is 13.5. The van der Waals surface area contributed by atoms with Crippen LogP contribution in [0, 0.1) is 26.7 Å². The van der Waals surface area contributed by atoms with Crippen molar-refractivity contribution in [1.29, 1.82) is 0 Å². The molecule has 0 amide bonds. The minimum atomic E-state index is -2.24. The molecule has 1 nitrogen and oxygen atoms in total. The fourth-order valence-electron chi connectivity index (χ4n) is 1.99. The summed E-state index contributed by atoms with van der Waals surface area (Å²) in [5.41, 5.74) is 12.8. The predicted molar refractivity (Wildman–Crippen MR) is 148 cm³/mol. The molecule has 0 aliphatic heterocycles. The minimum Gasteiger partial charge on any atom is -0.333 e. The van der Waals surface area contributed by atoms with Crippen LogP contribution in [0.1, 0.15) is 69.4 Å². The van der Waals surface area contributed by atoms with Gasteiger partial charge < -0.3 is 5.73 Å². The van der Waals surface area contributed by atoms with Gasteiger partial charge in [-0.1, -0.05) is 95.3 Å². The van der Waals surface area contributed by atoms with Gasteiger partial charge in [0.2, 0.25) is 6.43 Å². The Morgan fingerprint density at radius 3 is 1.79 bits per heavy atom. The molecule has 0 fully saturated rings. The summed E-state index contributed by atoms with van der Waals surface area (Å²) in [6.07, 6.45) is 1.26. The van der Waals surface area contributed by atoms with Gasteiger partial charge in [0, 0.05) is 6.42 Å². The van der Waals surface area contributed by atoms with Crippen LogP contribution >= 0.6 is 0 Å². The summed E-state index contributed by atoms with van der Waals surface area (Å²) in [7, 11) is 1.50. The largest absolute Gasteiger partial charge is 0.333 e. The second-order valence-electron chi connectivity index (χ2n) is 7.42. The Balaban J connectivity index is -0.000000179. The Morgan fingerprint density at radius 2 is 1.42 bits per heavy atom. The topological polar surface area (TPSA) is 26.0 Å². The van der Waals surface area contributed by atoms with Gasteiger partial charge in [0.1, 0.15) is 0 Å². The highest BCUT2D eigenvalue weighted by Gasteiger charge is 2.03. The highest BCUT2D eigenvalue weighted by molar-refractivity contribution is 5.50. The van der Waals surface area contributed by atoms with E-state index in [1.807, 2.05) is 39.8 Å².